The minimum absolute atomic E-state index is 0.0576. The topological polar surface area (TPSA) is 32.3 Å². The smallest absolute Gasteiger partial charge is 0.238 e. The molecule has 1 aromatic carbocycles. The molecule has 1 N–H and O–H groups in total. The maximum atomic E-state index is 13.7. The summed E-state index contributed by atoms with van der Waals surface area (Å²) in [5, 5.41) is 2.95. The van der Waals surface area contributed by atoms with Gasteiger partial charge in [-0.3, -0.25) is 10.1 Å². The van der Waals surface area contributed by atoms with Crippen molar-refractivity contribution < 1.29 is 13.6 Å². The van der Waals surface area contributed by atoms with Crippen molar-refractivity contribution in [1.29, 1.82) is 0 Å². The van der Waals surface area contributed by atoms with E-state index in [9.17, 15) is 13.6 Å². The molecule has 0 saturated carbocycles. The van der Waals surface area contributed by atoms with Crippen LogP contribution in [0.2, 0.25) is 0 Å². The molecule has 0 bridgehead atoms. The SMILES string of the molecule is CSCCN1C(=O)CNC1c1ccc(F)cc1F. The van der Waals surface area contributed by atoms with E-state index < -0.39 is 17.8 Å². The molecule has 0 aromatic heterocycles. The van der Waals surface area contributed by atoms with E-state index in [1.807, 2.05) is 6.26 Å². The third-order valence-corrected chi connectivity index (χ3v) is 3.46. The molecule has 1 aromatic rings. The number of hydrogen-bond donors (Lipinski definition) is 1. The molecule has 1 aliphatic rings. The number of amides is 1. The van der Waals surface area contributed by atoms with Gasteiger partial charge in [0.1, 0.15) is 17.8 Å². The third-order valence-electron chi connectivity index (χ3n) is 2.87. The predicted octanol–water partition coefficient (Wildman–Crippen LogP) is 1.76. The predicted molar refractivity (Wildman–Crippen MR) is 67.2 cm³/mol. The summed E-state index contributed by atoms with van der Waals surface area (Å²) in [5.41, 5.74) is 0.309. The van der Waals surface area contributed by atoms with Gasteiger partial charge >= 0.3 is 0 Å². The molecule has 1 atom stereocenters. The second kappa shape index (κ2) is 5.67. The van der Waals surface area contributed by atoms with Crippen LogP contribution in [-0.4, -0.2) is 35.9 Å². The molecule has 98 valence electrons. The van der Waals surface area contributed by atoms with E-state index >= 15 is 0 Å². The zero-order valence-electron chi connectivity index (χ0n) is 9.95. The first-order valence-corrected chi connectivity index (χ1v) is 6.99. The Morgan fingerprint density at radius 1 is 1.50 bits per heavy atom. The minimum atomic E-state index is -0.628. The molecule has 1 unspecified atom stereocenters. The van der Waals surface area contributed by atoms with Gasteiger partial charge in [-0.2, -0.15) is 11.8 Å². The van der Waals surface area contributed by atoms with Gasteiger partial charge in [-0.15, -0.1) is 0 Å². The molecule has 1 saturated heterocycles. The fourth-order valence-corrected chi connectivity index (χ4v) is 2.36. The summed E-state index contributed by atoms with van der Waals surface area (Å²) < 4.78 is 26.6. The summed E-state index contributed by atoms with van der Waals surface area (Å²) in [7, 11) is 0. The number of rotatable bonds is 4. The molecule has 18 heavy (non-hydrogen) atoms. The van der Waals surface area contributed by atoms with E-state index in [2.05, 4.69) is 5.32 Å². The number of carbonyl (C=O) groups is 1. The van der Waals surface area contributed by atoms with Gasteiger partial charge < -0.3 is 4.90 Å². The summed E-state index contributed by atoms with van der Waals surface area (Å²) in [4.78, 5) is 13.3. The Hall–Kier alpha value is -1.14. The van der Waals surface area contributed by atoms with Gasteiger partial charge in [-0.25, -0.2) is 8.78 Å². The highest BCUT2D eigenvalue weighted by atomic mass is 32.2. The fourth-order valence-electron chi connectivity index (χ4n) is 1.98. The lowest BCUT2D eigenvalue weighted by Gasteiger charge is -2.24. The molecule has 1 aliphatic heterocycles. The van der Waals surface area contributed by atoms with Crippen molar-refractivity contribution >= 4 is 17.7 Å². The number of benzene rings is 1. The first kappa shape index (κ1) is 13.3. The van der Waals surface area contributed by atoms with Gasteiger partial charge in [0.05, 0.1) is 6.54 Å². The second-order valence-electron chi connectivity index (χ2n) is 4.03. The highest BCUT2D eigenvalue weighted by Crippen LogP contribution is 2.25. The van der Waals surface area contributed by atoms with Crippen LogP contribution in [0.4, 0.5) is 8.78 Å². The van der Waals surface area contributed by atoms with Gasteiger partial charge in [0, 0.05) is 23.9 Å². The maximum Gasteiger partial charge on any atom is 0.238 e. The lowest BCUT2D eigenvalue weighted by Crippen LogP contribution is -2.32. The first-order valence-electron chi connectivity index (χ1n) is 5.60. The van der Waals surface area contributed by atoms with Crippen LogP contribution >= 0.6 is 11.8 Å². The highest BCUT2D eigenvalue weighted by molar-refractivity contribution is 7.98. The van der Waals surface area contributed by atoms with Crippen molar-refractivity contribution in [2.24, 2.45) is 0 Å². The fraction of sp³-hybridized carbons (Fsp3) is 0.417. The molecule has 3 nitrogen and oxygen atoms in total. The first-order chi connectivity index (χ1) is 8.63. The third kappa shape index (κ3) is 2.64. The van der Waals surface area contributed by atoms with Gasteiger partial charge in [0.2, 0.25) is 5.91 Å². The van der Waals surface area contributed by atoms with E-state index in [1.165, 1.54) is 12.1 Å². The van der Waals surface area contributed by atoms with Crippen LogP contribution in [0.15, 0.2) is 18.2 Å². The number of hydrogen-bond acceptors (Lipinski definition) is 3. The van der Waals surface area contributed by atoms with Crippen molar-refractivity contribution in [3.63, 3.8) is 0 Å². The van der Waals surface area contributed by atoms with E-state index in [4.69, 9.17) is 0 Å². The Morgan fingerprint density at radius 3 is 2.94 bits per heavy atom. The molecule has 2 rings (SSSR count). The van der Waals surface area contributed by atoms with Crippen LogP contribution < -0.4 is 5.32 Å². The van der Waals surface area contributed by atoms with Crippen LogP contribution in [0.5, 0.6) is 0 Å². The highest BCUT2D eigenvalue weighted by Gasteiger charge is 2.32. The molecular formula is C12H14F2N2OS. The van der Waals surface area contributed by atoms with Crippen LogP contribution in [0.3, 0.4) is 0 Å². The van der Waals surface area contributed by atoms with Crippen molar-refractivity contribution in [2.75, 3.05) is 25.1 Å². The van der Waals surface area contributed by atoms with Crippen molar-refractivity contribution in [3.8, 4) is 0 Å². The Kier molecular flexibility index (Phi) is 4.19. The quantitative estimate of drug-likeness (QED) is 0.906. The van der Waals surface area contributed by atoms with E-state index in [1.54, 1.807) is 16.7 Å². The zero-order valence-corrected chi connectivity index (χ0v) is 10.8. The Morgan fingerprint density at radius 2 is 2.28 bits per heavy atom. The minimum Gasteiger partial charge on any atom is -0.321 e. The normalized spacial score (nSPS) is 19.6. The Balaban J connectivity index is 2.22. The molecule has 1 fully saturated rings. The summed E-state index contributed by atoms with van der Waals surface area (Å²) in [6.45, 7) is 0.740. The Labute approximate surface area is 109 Å². The lowest BCUT2D eigenvalue weighted by atomic mass is 10.1. The largest absolute Gasteiger partial charge is 0.321 e. The van der Waals surface area contributed by atoms with Crippen LogP contribution in [0.25, 0.3) is 0 Å². The number of nitrogens with one attached hydrogen (secondary N) is 1. The van der Waals surface area contributed by atoms with E-state index in [-0.39, 0.29) is 12.5 Å². The number of thioether (sulfide) groups is 1. The standard InChI is InChI=1S/C12H14F2N2OS/c1-18-5-4-16-11(17)7-15-12(16)9-3-2-8(13)6-10(9)14/h2-3,6,12,15H,4-5,7H2,1H3. The average Bonchev–Trinajstić information content (AvgIpc) is 2.68. The van der Waals surface area contributed by atoms with Crippen molar-refractivity contribution in [2.45, 2.75) is 6.17 Å². The Bertz CT molecular complexity index is 456. The molecular weight excluding hydrogens is 258 g/mol. The summed E-state index contributed by atoms with van der Waals surface area (Å²) >= 11 is 1.62. The van der Waals surface area contributed by atoms with Gasteiger partial charge in [0.25, 0.3) is 0 Å². The molecule has 6 heteroatoms. The summed E-state index contributed by atoms with van der Waals surface area (Å²) in [5.74, 6) is -0.516. The summed E-state index contributed by atoms with van der Waals surface area (Å²) in [6, 6.07) is 3.43. The maximum absolute atomic E-state index is 13.7. The molecule has 0 aliphatic carbocycles. The lowest BCUT2D eigenvalue weighted by molar-refractivity contribution is -0.127. The second-order valence-corrected chi connectivity index (χ2v) is 5.01. The van der Waals surface area contributed by atoms with Crippen LogP contribution in [0, 0.1) is 11.6 Å². The van der Waals surface area contributed by atoms with Crippen molar-refractivity contribution in [1.82, 2.24) is 10.2 Å². The van der Waals surface area contributed by atoms with Gasteiger partial charge in [-0.05, 0) is 18.4 Å². The molecule has 0 radical (unpaired) electrons. The molecule has 0 spiro atoms. The number of halogens is 2. The van der Waals surface area contributed by atoms with Crippen LogP contribution in [-0.2, 0) is 4.79 Å². The summed E-state index contributed by atoms with van der Waals surface area (Å²) in [6.07, 6.45) is 1.45. The van der Waals surface area contributed by atoms with Gasteiger partial charge in [0.15, 0.2) is 0 Å². The zero-order chi connectivity index (χ0) is 13.1. The van der Waals surface area contributed by atoms with E-state index in [0.29, 0.717) is 12.1 Å². The molecule has 1 amide bonds. The number of carbonyl (C=O) groups excluding carboxylic acids is 1. The van der Waals surface area contributed by atoms with Crippen molar-refractivity contribution in [3.05, 3.63) is 35.4 Å². The van der Waals surface area contributed by atoms with E-state index in [0.717, 1.165) is 11.8 Å². The molecule has 1 heterocycles. The van der Waals surface area contributed by atoms with Crippen LogP contribution in [0.1, 0.15) is 11.7 Å². The van der Waals surface area contributed by atoms with Gasteiger partial charge in [-0.1, -0.05) is 0 Å². The number of nitrogens with zero attached hydrogens (tertiary/aromatic N) is 1. The average molecular weight is 272 g/mol. The monoisotopic (exact) mass is 272 g/mol.